The minimum atomic E-state index is -0.350. The Morgan fingerprint density at radius 1 is 1.47 bits per heavy atom. The van der Waals surface area contributed by atoms with Crippen molar-refractivity contribution in [1.82, 2.24) is 0 Å². The molecule has 1 aliphatic heterocycles. The Morgan fingerprint density at radius 2 is 2.16 bits per heavy atom. The van der Waals surface area contributed by atoms with Gasteiger partial charge in [-0.3, -0.25) is 0 Å². The second-order valence-corrected chi connectivity index (χ2v) is 5.82. The van der Waals surface area contributed by atoms with E-state index < -0.39 is 0 Å². The molecule has 0 radical (unpaired) electrons. The molecule has 2 rings (SSSR count). The number of anilines is 1. The summed E-state index contributed by atoms with van der Waals surface area (Å²) in [5.41, 5.74) is 6.51. The molecule has 1 aromatic rings. The van der Waals surface area contributed by atoms with Crippen LogP contribution in [0.3, 0.4) is 0 Å². The molecule has 1 fully saturated rings. The first-order valence-electron chi connectivity index (χ1n) is 6.19. The lowest BCUT2D eigenvalue weighted by Gasteiger charge is -2.23. The predicted octanol–water partition coefficient (Wildman–Crippen LogP) is 3.06. The topological polar surface area (TPSA) is 47.3 Å². The van der Waals surface area contributed by atoms with Crippen molar-refractivity contribution >= 4 is 38.8 Å². The van der Waals surface area contributed by atoms with Crippen LogP contribution in [0.2, 0.25) is 0 Å². The summed E-state index contributed by atoms with van der Waals surface area (Å²) >= 11 is 8.06. The van der Waals surface area contributed by atoms with Crippen molar-refractivity contribution < 1.29 is 9.13 Å². The molecule has 0 aliphatic carbocycles. The van der Waals surface area contributed by atoms with Crippen LogP contribution in [0.4, 0.5) is 10.1 Å². The van der Waals surface area contributed by atoms with Crippen molar-refractivity contribution in [1.29, 1.82) is 0 Å². The predicted molar refractivity (Wildman–Crippen MR) is 82.0 cm³/mol. The zero-order valence-corrected chi connectivity index (χ0v) is 12.8. The summed E-state index contributed by atoms with van der Waals surface area (Å²) in [6.07, 6.45) is 2.03. The van der Waals surface area contributed by atoms with Crippen LogP contribution in [0.25, 0.3) is 0 Å². The van der Waals surface area contributed by atoms with Gasteiger partial charge in [-0.2, -0.15) is 0 Å². The van der Waals surface area contributed by atoms with Crippen molar-refractivity contribution in [3.05, 3.63) is 28.0 Å². The van der Waals surface area contributed by atoms with Crippen LogP contribution >= 0.6 is 28.1 Å². The summed E-state index contributed by atoms with van der Waals surface area (Å²) in [5, 5.41) is 3.14. The van der Waals surface area contributed by atoms with Crippen LogP contribution in [0.15, 0.2) is 16.6 Å². The summed E-state index contributed by atoms with van der Waals surface area (Å²) in [6.45, 7) is 2.33. The van der Waals surface area contributed by atoms with E-state index >= 15 is 0 Å². The molecule has 1 aromatic carbocycles. The van der Waals surface area contributed by atoms with E-state index in [2.05, 4.69) is 21.2 Å². The monoisotopic (exact) mass is 346 g/mol. The Hall–Kier alpha value is -0.720. The summed E-state index contributed by atoms with van der Waals surface area (Å²) in [7, 11) is 0. The minimum absolute atomic E-state index is 0.182. The fraction of sp³-hybridized carbons (Fsp3) is 0.462. The molecule has 0 spiro atoms. The van der Waals surface area contributed by atoms with Gasteiger partial charge in [0.15, 0.2) is 5.82 Å². The highest BCUT2D eigenvalue weighted by atomic mass is 79.9. The van der Waals surface area contributed by atoms with Gasteiger partial charge in [0.1, 0.15) is 4.99 Å². The van der Waals surface area contributed by atoms with Gasteiger partial charge in [0.25, 0.3) is 0 Å². The van der Waals surface area contributed by atoms with Crippen molar-refractivity contribution in [2.45, 2.75) is 12.8 Å². The molecule has 1 saturated heterocycles. The van der Waals surface area contributed by atoms with Gasteiger partial charge in [0.05, 0.1) is 10.2 Å². The molecule has 0 atom stereocenters. The molecule has 3 nitrogen and oxygen atoms in total. The zero-order valence-electron chi connectivity index (χ0n) is 10.4. The second-order valence-electron chi connectivity index (χ2n) is 4.59. The molecule has 0 aromatic heterocycles. The van der Waals surface area contributed by atoms with Gasteiger partial charge in [0, 0.05) is 25.3 Å². The van der Waals surface area contributed by atoms with E-state index in [1.165, 1.54) is 0 Å². The van der Waals surface area contributed by atoms with Crippen LogP contribution in [0.1, 0.15) is 18.4 Å². The van der Waals surface area contributed by atoms with E-state index in [0.29, 0.717) is 21.6 Å². The van der Waals surface area contributed by atoms with E-state index in [4.69, 9.17) is 22.7 Å². The van der Waals surface area contributed by atoms with Crippen LogP contribution in [-0.2, 0) is 4.74 Å². The third-order valence-corrected chi connectivity index (χ3v) is 4.27. The van der Waals surface area contributed by atoms with Gasteiger partial charge in [-0.25, -0.2) is 4.39 Å². The van der Waals surface area contributed by atoms with Crippen molar-refractivity contribution in [2.75, 3.05) is 25.1 Å². The number of nitrogens with two attached hydrogens (primary N) is 1. The molecule has 1 aliphatic rings. The first-order valence-corrected chi connectivity index (χ1v) is 7.39. The van der Waals surface area contributed by atoms with E-state index in [0.717, 1.165) is 32.6 Å². The lowest BCUT2D eigenvalue weighted by atomic mass is 10.0. The van der Waals surface area contributed by atoms with E-state index in [1.807, 2.05) is 0 Å². The number of ether oxygens (including phenoxy) is 1. The van der Waals surface area contributed by atoms with Gasteiger partial charge in [0.2, 0.25) is 0 Å². The van der Waals surface area contributed by atoms with Crippen molar-refractivity contribution in [2.24, 2.45) is 11.7 Å². The van der Waals surface area contributed by atoms with Crippen molar-refractivity contribution in [3.63, 3.8) is 0 Å². The average Bonchev–Trinajstić information content (AvgIpc) is 2.41. The largest absolute Gasteiger partial charge is 0.389 e. The molecule has 104 valence electrons. The number of hydrogen-bond acceptors (Lipinski definition) is 3. The maximum absolute atomic E-state index is 14.1. The molecule has 6 heteroatoms. The normalized spacial score (nSPS) is 16.3. The van der Waals surface area contributed by atoms with Crippen LogP contribution in [0.5, 0.6) is 0 Å². The maximum atomic E-state index is 14.1. The standard InChI is InChI=1S/C13H16BrFN2OS/c14-11-9(13(16)19)1-2-10(12(11)15)17-7-8-3-5-18-6-4-8/h1-2,8,17H,3-7H2,(H2,16,19). The smallest absolute Gasteiger partial charge is 0.161 e. The van der Waals surface area contributed by atoms with Crippen LogP contribution in [0, 0.1) is 11.7 Å². The maximum Gasteiger partial charge on any atom is 0.161 e. The van der Waals surface area contributed by atoms with E-state index in [9.17, 15) is 4.39 Å². The van der Waals surface area contributed by atoms with Gasteiger partial charge in [-0.05, 0) is 46.8 Å². The third-order valence-electron chi connectivity index (χ3n) is 3.27. The Kier molecular flexibility index (Phi) is 5.13. The number of thiocarbonyl (C=S) groups is 1. The Morgan fingerprint density at radius 3 is 2.79 bits per heavy atom. The lowest BCUT2D eigenvalue weighted by Crippen LogP contribution is -2.23. The van der Waals surface area contributed by atoms with Gasteiger partial charge in [-0.1, -0.05) is 12.2 Å². The average molecular weight is 347 g/mol. The molecule has 0 unspecified atom stereocenters. The number of benzene rings is 1. The van der Waals surface area contributed by atoms with Gasteiger partial charge < -0.3 is 15.8 Å². The summed E-state index contributed by atoms with van der Waals surface area (Å²) in [5.74, 6) is 0.180. The minimum Gasteiger partial charge on any atom is -0.389 e. The number of hydrogen-bond donors (Lipinski definition) is 2. The Labute approximate surface area is 125 Å². The fourth-order valence-electron chi connectivity index (χ4n) is 2.08. The molecule has 19 heavy (non-hydrogen) atoms. The third kappa shape index (κ3) is 3.64. The summed E-state index contributed by atoms with van der Waals surface area (Å²) in [6, 6.07) is 3.40. The number of rotatable bonds is 4. The zero-order chi connectivity index (χ0) is 13.8. The van der Waals surface area contributed by atoms with Gasteiger partial charge >= 0.3 is 0 Å². The van der Waals surface area contributed by atoms with Crippen molar-refractivity contribution in [3.8, 4) is 0 Å². The van der Waals surface area contributed by atoms with E-state index in [1.54, 1.807) is 12.1 Å². The highest BCUT2D eigenvalue weighted by Gasteiger charge is 2.16. The molecule has 1 heterocycles. The first-order chi connectivity index (χ1) is 9.09. The first kappa shape index (κ1) is 14.7. The molecule has 0 saturated carbocycles. The summed E-state index contributed by atoms with van der Waals surface area (Å²) in [4.78, 5) is 0.182. The SMILES string of the molecule is NC(=S)c1ccc(NCC2CCOCC2)c(F)c1Br. The Balaban J connectivity index is 2.04. The lowest BCUT2D eigenvalue weighted by molar-refractivity contribution is 0.0699. The number of halogens is 2. The highest BCUT2D eigenvalue weighted by Crippen LogP contribution is 2.27. The van der Waals surface area contributed by atoms with Crippen LogP contribution < -0.4 is 11.1 Å². The van der Waals surface area contributed by atoms with Crippen LogP contribution in [-0.4, -0.2) is 24.7 Å². The quantitative estimate of drug-likeness (QED) is 0.822. The van der Waals surface area contributed by atoms with E-state index in [-0.39, 0.29) is 10.8 Å². The molecular weight excluding hydrogens is 331 g/mol. The fourth-order valence-corrected chi connectivity index (χ4v) is 2.94. The molecular formula is C13H16BrFN2OS. The molecule has 0 bridgehead atoms. The summed E-state index contributed by atoms with van der Waals surface area (Å²) < 4.78 is 19.7. The number of nitrogens with one attached hydrogen (secondary N) is 1. The van der Waals surface area contributed by atoms with Gasteiger partial charge in [-0.15, -0.1) is 0 Å². The molecule has 3 N–H and O–H groups in total. The molecule has 0 amide bonds. The highest BCUT2D eigenvalue weighted by molar-refractivity contribution is 9.10. The second kappa shape index (κ2) is 6.63. The Bertz CT molecular complexity index is 478.